The Kier molecular flexibility index (Phi) is 9.22. The molecule has 0 aromatic heterocycles. The van der Waals surface area contributed by atoms with Gasteiger partial charge in [-0.1, -0.05) is 72.8 Å². The van der Waals surface area contributed by atoms with Crippen molar-refractivity contribution in [3.05, 3.63) is 125 Å². The van der Waals surface area contributed by atoms with Crippen LogP contribution in [0.25, 0.3) is 0 Å². The van der Waals surface area contributed by atoms with Crippen LogP contribution in [0, 0.1) is 18.0 Å². The molecule has 4 rings (SSSR count). The number of halogens is 1. The Balaban J connectivity index is 0.00000193. The maximum atomic E-state index is 13.5. The van der Waals surface area contributed by atoms with Crippen LogP contribution in [0.1, 0.15) is 31.8 Å². The number of carbonyl (C=O) groups excluding carboxylic acids is 2. The van der Waals surface area contributed by atoms with Crippen LogP contribution in [0.2, 0.25) is 0 Å². The minimum atomic E-state index is -0.214. The Morgan fingerprint density at radius 3 is 1.79 bits per heavy atom. The number of carbonyl (C=O) groups is 2. The number of rotatable bonds is 6. The van der Waals surface area contributed by atoms with Gasteiger partial charge in [0.25, 0.3) is 0 Å². The van der Waals surface area contributed by atoms with E-state index in [0.29, 0.717) is 34.6 Å². The predicted molar refractivity (Wildman–Crippen MR) is 117 cm³/mol. The Labute approximate surface area is 215 Å². The summed E-state index contributed by atoms with van der Waals surface area (Å²) < 4.78 is 0. The van der Waals surface area contributed by atoms with Crippen LogP contribution >= 0.6 is 0 Å². The summed E-state index contributed by atoms with van der Waals surface area (Å²) in [5.41, 5.74) is 3.22. The second kappa shape index (κ2) is 11.6. The molecule has 3 aromatic rings. The summed E-state index contributed by atoms with van der Waals surface area (Å²) in [6.45, 7) is 2.17. The second-order valence-electron chi connectivity index (χ2n) is 7.25. The summed E-state index contributed by atoms with van der Waals surface area (Å²) in [5, 5.41) is 9.03. The molecule has 1 aliphatic heterocycles. The van der Waals surface area contributed by atoms with Gasteiger partial charge in [-0.2, -0.15) is 11.9 Å². The normalized spacial score (nSPS) is 12.5. The first kappa shape index (κ1) is 26.1. The van der Waals surface area contributed by atoms with E-state index in [1.807, 2.05) is 24.3 Å². The number of benzene rings is 3. The summed E-state index contributed by atoms with van der Waals surface area (Å²) in [7, 11) is 1.77. The average Bonchev–Trinajstić information content (AvgIpc) is 3.15. The maximum absolute atomic E-state index is 13.5. The molecule has 170 valence electrons. The van der Waals surface area contributed by atoms with Crippen molar-refractivity contribution in [1.29, 1.82) is 5.26 Å². The van der Waals surface area contributed by atoms with E-state index >= 15 is 0 Å². The third-order valence-electron chi connectivity index (χ3n) is 5.11. The first-order valence-electron chi connectivity index (χ1n) is 9.86. The number of allylic oxidation sites excluding steroid dienone is 2. The van der Waals surface area contributed by atoms with Crippen LogP contribution in [0.3, 0.4) is 0 Å². The van der Waals surface area contributed by atoms with E-state index in [4.69, 9.17) is 5.26 Å². The molecule has 0 saturated carbocycles. The molecule has 0 amide bonds. The van der Waals surface area contributed by atoms with Crippen molar-refractivity contribution in [2.45, 2.75) is 6.54 Å². The quantitative estimate of drug-likeness (QED) is 0.232. The van der Waals surface area contributed by atoms with Crippen molar-refractivity contribution in [2.24, 2.45) is 0 Å². The van der Waals surface area contributed by atoms with Crippen molar-refractivity contribution in [3.63, 3.8) is 0 Å². The molecule has 33 heavy (non-hydrogen) atoms. The molecule has 7 heteroatoms. The zero-order chi connectivity index (χ0) is 21.8. The van der Waals surface area contributed by atoms with E-state index in [9.17, 15) is 9.59 Å². The third-order valence-corrected chi connectivity index (χ3v) is 5.11. The molecule has 0 aliphatic carbocycles. The van der Waals surface area contributed by atoms with Gasteiger partial charge in [0.15, 0.2) is 0 Å². The average molecular weight is 639 g/mol. The van der Waals surface area contributed by atoms with Gasteiger partial charge >= 0.3 is 22.4 Å². The number of nitriles is 1. The fraction of sp³-hybridized carbons (Fsp3) is 0.0769. The van der Waals surface area contributed by atoms with Crippen LogP contribution in [-0.2, 0) is 28.9 Å². The first-order chi connectivity index (χ1) is 15.1. The van der Waals surface area contributed by atoms with Crippen LogP contribution in [0.4, 0.5) is 0 Å². The largest absolute Gasteiger partial charge is 1.00 e. The molecule has 1 heterocycles. The molecule has 0 N–H and O–H groups in total. The Bertz CT molecular complexity index is 1190. The smallest absolute Gasteiger partial charge is 1.00 e. The number of hydrogen-bond donors (Lipinski definition) is 0. The third kappa shape index (κ3) is 5.62. The summed E-state index contributed by atoms with van der Waals surface area (Å²) in [6.07, 6.45) is 0. The van der Waals surface area contributed by atoms with E-state index < -0.39 is 0 Å². The van der Waals surface area contributed by atoms with E-state index in [1.165, 1.54) is 0 Å². The van der Waals surface area contributed by atoms with Crippen molar-refractivity contribution < 1.29 is 44.4 Å². The summed E-state index contributed by atoms with van der Waals surface area (Å²) >= 11 is 0. The molecule has 0 fully saturated rings. The molecule has 0 bridgehead atoms. The minimum Gasteiger partial charge on any atom is -1.00 e. The van der Waals surface area contributed by atoms with E-state index in [1.54, 1.807) is 84.2 Å². The van der Waals surface area contributed by atoms with Crippen molar-refractivity contribution in [1.82, 2.24) is 9.80 Å². The molecule has 0 spiro atoms. The molecular weight excluding hydrogens is 619 g/mol. The fourth-order valence-corrected chi connectivity index (χ4v) is 3.59. The first-order valence-corrected chi connectivity index (χ1v) is 9.86. The number of likely N-dealkylation sites (N-methyl/N-ethyl adjacent to an activating group) is 1. The van der Waals surface area contributed by atoms with Crippen LogP contribution in [0.5, 0.6) is 0 Å². The van der Waals surface area contributed by atoms with Gasteiger partial charge in [0.2, 0.25) is 11.6 Å². The van der Waals surface area contributed by atoms with Crippen molar-refractivity contribution in [2.75, 3.05) is 7.05 Å². The molecule has 0 atom stereocenters. The zero-order valence-electron chi connectivity index (χ0n) is 17.7. The summed E-state index contributed by atoms with van der Waals surface area (Å²) in [6, 6.07) is 27.2. The fourth-order valence-electron chi connectivity index (χ4n) is 3.59. The standard InChI is InChI=1S/C26H20N3O2.Au.ClH/c1-28-18-29(17-20-14-12-19(16-27)13-15-20)24(26(31)22-10-6-3-7-11-22)23(28)25(30)21-8-4-2-5-9-21;;/h2-15,18H,17H2,1H3;;1H/q-1;+1;/p-1. The van der Waals surface area contributed by atoms with Gasteiger partial charge in [-0.3, -0.25) is 9.59 Å². The van der Waals surface area contributed by atoms with Crippen molar-refractivity contribution in [3.8, 4) is 6.07 Å². The topological polar surface area (TPSA) is 64.4 Å². The molecule has 1 aliphatic rings. The van der Waals surface area contributed by atoms with Gasteiger partial charge in [0, 0.05) is 17.7 Å². The van der Waals surface area contributed by atoms with Gasteiger partial charge in [0.1, 0.15) is 0 Å². The van der Waals surface area contributed by atoms with Crippen LogP contribution < -0.4 is 12.4 Å². The summed E-state index contributed by atoms with van der Waals surface area (Å²) in [4.78, 5) is 30.4. The Morgan fingerprint density at radius 2 is 1.30 bits per heavy atom. The SMILES string of the molecule is CN1[CH-]N(Cc2ccc(C#N)cc2)C(C(=O)c2ccccc2)=C1C(=O)c1ccccc1.[Au+].[Cl-]. The van der Waals surface area contributed by atoms with Gasteiger partial charge in [-0.15, -0.1) is 0 Å². The van der Waals surface area contributed by atoms with Gasteiger partial charge in [0.05, 0.1) is 23.0 Å². The van der Waals surface area contributed by atoms with Crippen LogP contribution in [0.15, 0.2) is 96.3 Å². The van der Waals surface area contributed by atoms with Gasteiger partial charge in [-0.05, 0) is 24.7 Å². The Hall–Kier alpha value is -3.14. The molecule has 0 unspecified atom stereocenters. The van der Waals surface area contributed by atoms with E-state index in [0.717, 1.165) is 5.56 Å². The molecule has 3 aromatic carbocycles. The van der Waals surface area contributed by atoms with Crippen molar-refractivity contribution >= 4 is 11.6 Å². The zero-order valence-corrected chi connectivity index (χ0v) is 20.6. The molecule has 5 nitrogen and oxygen atoms in total. The van der Waals surface area contributed by atoms with Gasteiger partial charge < -0.3 is 22.2 Å². The number of nitrogens with zero attached hydrogens (tertiary/aromatic N) is 3. The minimum absolute atomic E-state index is 0. The molecule has 0 saturated heterocycles. The number of ketones is 2. The number of hydrogen-bond acceptors (Lipinski definition) is 5. The van der Waals surface area contributed by atoms with Crippen LogP contribution in [-0.4, -0.2) is 28.4 Å². The monoisotopic (exact) mass is 638 g/mol. The predicted octanol–water partition coefficient (Wildman–Crippen LogP) is 1.40. The summed E-state index contributed by atoms with van der Waals surface area (Å²) in [5.74, 6) is -0.421. The molecular formula is C26H20AuClN3O2-. The maximum Gasteiger partial charge on any atom is 1.00 e. The molecule has 0 radical (unpaired) electrons. The van der Waals surface area contributed by atoms with E-state index in [-0.39, 0.29) is 46.4 Å². The number of Topliss-reactive ketones (excluding diaryl/α,β-unsaturated/α-hetero) is 2. The van der Waals surface area contributed by atoms with Gasteiger partial charge in [-0.25, -0.2) is 0 Å². The Morgan fingerprint density at radius 1 is 0.818 bits per heavy atom. The van der Waals surface area contributed by atoms with E-state index in [2.05, 4.69) is 6.07 Å². The second-order valence-corrected chi connectivity index (χ2v) is 7.25.